The first-order valence-corrected chi connectivity index (χ1v) is 10.7. The van der Waals surface area contributed by atoms with E-state index in [4.69, 9.17) is 0 Å². The van der Waals surface area contributed by atoms with E-state index in [0.29, 0.717) is 24.0 Å². The molecule has 0 amide bonds. The van der Waals surface area contributed by atoms with E-state index in [1.54, 1.807) is 4.31 Å². The van der Waals surface area contributed by atoms with Gasteiger partial charge in [-0.2, -0.15) is 4.31 Å². The lowest BCUT2D eigenvalue weighted by Gasteiger charge is -2.40. The maximum absolute atomic E-state index is 13.1. The quantitative estimate of drug-likeness (QED) is 0.840. The van der Waals surface area contributed by atoms with Crippen LogP contribution in [0.2, 0.25) is 0 Å². The van der Waals surface area contributed by atoms with Crippen molar-refractivity contribution in [1.82, 2.24) is 9.21 Å². The van der Waals surface area contributed by atoms with Gasteiger partial charge in [0.15, 0.2) is 0 Å². The molecule has 0 aromatic heterocycles. The maximum atomic E-state index is 13.1. The Balaban J connectivity index is 1.73. The summed E-state index contributed by atoms with van der Waals surface area (Å²) in [5, 5.41) is 0. The summed E-state index contributed by atoms with van der Waals surface area (Å²) in [5.41, 5.74) is 2.85. The smallest absolute Gasteiger partial charge is 0.243 e. The van der Waals surface area contributed by atoms with Gasteiger partial charge in [0.1, 0.15) is 0 Å². The average Bonchev–Trinajstić information content (AvgIpc) is 2.54. The third kappa shape index (κ3) is 3.53. The summed E-state index contributed by atoms with van der Waals surface area (Å²) in [6.07, 6.45) is 5.85. The van der Waals surface area contributed by atoms with Crippen LogP contribution in [0.15, 0.2) is 17.0 Å². The van der Waals surface area contributed by atoms with Crippen molar-refractivity contribution in [2.75, 3.05) is 26.2 Å². The Kier molecular flexibility index (Phi) is 5.33. The van der Waals surface area contributed by atoms with Gasteiger partial charge < -0.3 is 4.90 Å². The fraction of sp³-hybridized carbons (Fsp3) is 0.684. The standard InChI is InChI=1S/C19H30N2O2S/c1-15-13-16(2)19(17(3)14-15)24(22,23)21-11-7-18(8-12-21)20-9-5-4-6-10-20/h13-14,18H,4-12H2,1-3H3. The average molecular weight is 351 g/mol. The van der Waals surface area contributed by atoms with Crippen LogP contribution < -0.4 is 0 Å². The SMILES string of the molecule is Cc1cc(C)c(S(=O)(=O)N2CCC(N3CCCCC3)CC2)c(C)c1. The van der Waals surface area contributed by atoms with Crippen molar-refractivity contribution in [2.45, 2.75) is 63.8 Å². The van der Waals surface area contributed by atoms with Crippen molar-refractivity contribution in [3.05, 3.63) is 28.8 Å². The first kappa shape index (κ1) is 17.9. The van der Waals surface area contributed by atoms with Crippen molar-refractivity contribution < 1.29 is 8.42 Å². The normalized spacial score (nSPS) is 22.0. The van der Waals surface area contributed by atoms with Crippen LogP contribution >= 0.6 is 0 Å². The van der Waals surface area contributed by atoms with Crippen molar-refractivity contribution in [3.8, 4) is 0 Å². The topological polar surface area (TPSA) is 40.6 Å². The molecule has 1 aromatic rings. The highest BCUT2D eigenvalue weighted by Gasteiger charge is 2.33. The van der Waals surface area contributed by atoms with E-state index >= 15 is 0 Å². The van der Waals surface area contributed by atoms with Crippen LogP contribution in [-0.4, -0.2) is 49.8 Å². The molecule has 134 valence electrons. The molecule has 3 rings (SSSR count). The molecule has 2 saturated heterocycles. The zero-order valence-electron chi connectivity index (χ0n) is 15.2. The van der Waals surface area contributed by atoms with Gasteiger partial charge in [-0.1, -0.05) is 24.1 Å². The van der Waals surface area contributed by atoms with Gasteiger partial charge in [-0.05, 0) is 70.7 Å². The second-order valence-corrected chi connectivity index (χ2v) is 9.33. The molecule has 2 fully saturated rings. The molecule has 0 saturated carbocycles. The molecule has 4 nitrogen and oxygen atoms in total. The number of rotatable bonds is 3. The summed E-state index contributed by atoms with van der Waals surface area (Å²) in [7, 11) is -3.38. The van der Waals surface area contributed by atoms with Gasteiger partial charge in [-0.15, -0.1) is 0 Å². The highest BCUT2D eigenvalue weighted by molar-refractivity contribution is 7.89. The molecule has 0 radical (unpaired) electrons. The zero-order chi connectivity index (χ0) is 17.3. The summed E-state index contributed by atoms with van der Waals surface area (Å²) in [4.78, 5) is 3.10. The summed E-state index contributed by atoms with van der Waals surface area (Å²) < 4.78 is 28.0. The van der Waals surface area contributed by atoms with Crippen molar-refractivity contribution in [2.24, 2.45) is 0 Å². The molecule has 0 atom stereocenters. The molecular formula is C19H30N2O2S. The molecule has 0 N–H and O–H groups in total. The van der Waals surface area contributed by atoms with Crippen molar-refractivity contribution in [1.29, 1.82) is 0 Å². The van der Waals surface area contributed by atoms with Gasteiger partial charge in [0.25, 0.3) is 0 Å². The van der Waals surface area contributed by atoms with E-state index in [9.17, 15) is 8.42 Å². The third-order valence-corrected chi connectivity index (χ3v) is 7.74. The molecular weight excluding hydrogens is 320 g/mol. The van der Waals surface area contributed by atoms with E-state index in [1.165, 1.54) is 32.4 Å². The van der Waals surface area contributed by atoms with Crippen LogP contribution in [0.25, 0.3) is 0 Å². The second-order valence-electron chi connectivity index (χ2n) is 7.46. The van der Waals surface area contributed by atoms with Gasteiger partial charge >= 0.3 is 0 Å². The number of hydrogen-bond acceptors (Lipinski definition) is 3. The minimum atomic E-state index is -3.38. The fourth-order valence-corrected chi connectivity index (χ4v) is 6.32. The molecule has 0 unspecified atom stereocenters. The van der Waals surface area contributed by atoms with E-state index in [-0.39, 0.29) is 0 Å². The predicted octanol–water partition coefficient (Wildman–Crippen LogP) is 3.25. The lowest BCUT2D eigenvalue weighted by molar-refractivity contribution is 0.118. The third-order valence-electron chi connectivity index (χ3n) is 5.53. The Morgan fingerprint density at radius 2 is 1.42 bits per heavy atom. The second kappa shape index (κ2) is 7.14. The fourth-order valence-electron chi connectivity index (χ4n) is 4.43. The molecule has 2 aliphatic heterocycles. The Labute approximate surface area is 146 Å². The number of nitrogens with zero attached hydrogens (tertiary/aromatic N) is 2. The lowest BCUT2D eigenvalue weighted by Crippen LogP contribution is -2.48. The Morgan fingerprint density at radius 1 is 0.875 bits per heavy atom. The molecule has 2 heterocycles. The van der Waals surface area contributed by atoms with Crippen LogP contribution in [-0.2, 0) is 10.0 Å². The highest BCUT2D eigenvalue weighted by Crippen LogP contribution is 2.29. The molecule has 1 aromatic carbocycles. The molecule has 0 bridgehead atoms. The van der Waals surface area contributed by atoms with Crippen LogP contribution in [0.1, 0.15) is 48.8 Å². The van der Waals surface area contributed by atoms with E-state index in [0.717, 1.165) is 29.5 Å². The Morgan fingerprint density at radius 3 is 1.96 bits per heavy atom. The van der Waals surface area contributed by atoms with Crippen molar-refractivity contribution >= 4 is 10.0 Å². The largest absolute Gasteiger partial charge is 0.300 e. The Bertz CT molecular complexity index is 662. The van der Waals surface area contributed by atoms with Gasteiger partial charge in [0, 0.05) is 19.1 Å². The summed E-state index contributed by atoms with van der Waals surface area (Å²) in [6.45, 7) is 9.51. The number of benzene rings is 1. The Hall–Kier alpha value is -0.910. The van der Waals surface area contributed by atoms with Gasteiger partial charge in [-0.3, -0.25) is 0 Å². The number of hydrogen-bond donors (Lipinski definition) is 0. The summed E-state index contributed by atoms with van der Waals surface area (Å²) in [6, 6.07) is 4.51. The first-order valence-electron chi connectivity index (χ1n) is 9.21. The lowest BCUT2D eigenvalue weighted by atomic mass is 10.0. The molecule has 5 heteroatoms. The number of piperidine rings is 2. The number of sulfonamides is 1. The molecule has 0 spiro atoms. The van der Waals surface area contributed by atoms with Crippen LogP contribution in [0, 0.1) is 20.8 Å². The van der Waals surface area contributed by atoms with E-state index < -0.39 is 10.0 Å². The minimum Gasteiger partial charge on any atom is -0.300 e. The van der Waals surface area contributed by atoms with Gasteiger partial charge in [0.2, 0.25) is 10.0 Å². The van der Waals surface area contributed by atoms with Crippen LogP contribution in [0.3, 0.4) is 0 Å². The van der Waals surface area contributed by atoms with E-state index in [1.807, 2.05) is 32.9 Å². The summed E-state index contributed by atoms with van der Waals surface area (Å²) in [5.74, 6) is 0. The zero-order valence-corrected chi connectivity index (χ0v) is 16.0. The van der Waals surface area contributed by atoms with Crippen LogP contribution in [0.4, 0.5) is 0 Å². The van der Waals surface area contributed by atoms with Crippen LogP contribution in [0.5, 0.6) is 0 Å². The highest BCUT2D eigenvalue weighted by atomic mass is 32.2. The van der Waals surface area contributed by atoms with Gasteiger partial charge in [-0.25, -0.2) is 8.42 Å². The minimum absolute atomic E-state index is 0.518. The van der Waals surface area contributed by atoms with Gasteiger partial charge in [0.05, 0.1) is 4.90 Å². The van der Waals surface area contributed by atoms with Crippen molar-refractivity contribution in [3.63, 3.8) is 0 Å². The maximum Gasteiger partial charge on any atom is 0.243 e. The summed E-state index contributed by atoms with van der Waals surface area (Å²) >= 11 is 0. The number of aryl methyl sites for hydroxylation is 3. The monoisotopic (exact) mass is 350 g/mol. The molecule has 24 heavy (non-hydrogen) atoms. The molecule has 2 aliphatic rings. The predicted molar refractivity (Wildman–Crippen MR) is 97.9 cm³/mol. The van der Waals surface area contributed by atoms with E-state index in [2.05, 4.69) is 4.90 Å². The molecule has 0 aliphatic carbocycles. The number of likely N-dealkylation sites (tertiary alicyclic amines) is 1. The first-order chi connectivity index (χ1) is 11.4.